The van der Waals surface area contributed by atoms with Gasteiger partial charge in [0.05, 0.1) is 12.7 Å². The zero-order valence-corrected chi connectivity index (χ0v) is 34.2. The molecule has 3 amide bonds. The third-order valence-corrected chi connectivity index (χ3v) is 16.0. The van der Waals surface area contributed by atoms with Crippen molar-refractivity contribution in [2.75, 3.05) is 34.3 Å². The molecule has 0 aromatic carbocycles. The second kappa shape index (κ2) is 17.3. The summed E-state index contributed by atoms with van der Waals surface area (Å²) in [6.45, 7) is 9.05. The molecule has 302 valence electrons. The quantitative estimate of drug-likeness (QED) is 0.235. The SMILES string of the molecule is C[C@@H]1[C@@H](NC(=O)[C@@H]2[C@H]([C@H](C)O)[C@H](CO)ON2CC2CCCC(C3CC(C(=O)N(C)C(=O)CCC4CCCCC4)CC(N(C)C)C3)C2)C[C@H]2C[C@@H]1C2(C)C. The number of rotatable bonds is 12. The lowest BCUT2D eigenvalue weighted by atomic mass is 9.45. The molecule has 0 spiro atoms. The van der Waals surface area contributed by atoms with E-state index in [9.17, 15) is 24.6 Å². The lowest BCUT2D eigenvalue weighted by Crippen LogP contribution is -2.62. The van der Waals surface area contributed by atoms with Gasteiger partial charge in [0, 0.05) is 43.9 Å². The standard InChI is InChI=1S/C43H74N4O6/c1-26-35-22-33(43(35,3)4)23-36(26)44-41(51)40-39(27(2)49)37(25-48)53-47(40)24-29-14-11-15-30(18-29)31-19-32(21-34(20-31)45(5)6)42(52)46(7)38(50)17-16-28-12-9-8-10-13-28/h26-37,39-40,48-49H,8-25H2,1-7H3,(H,44,51)/t26-,27-,29?,30?,31?,32?,33+,34?,35-,36-,37-,39+,40-/m0/s1. The molecular formula is C43H74N4O6. The van der Waals surface area contributed by atoms with Crippen LogP contribution >= 0.6 is 0 Å². The molecule has 5 unspecified atom stereocenters. The van der Waals surface area contributed by atoms with Crippen LogP contribution in [0.25, 0.3) is 0 Å². The number of amides is 3. The van der Waals surface area contributed by atoms with E-state index in [-0.39, 0.29) is 36.3 Å². The van der Waals surface area contributed by atoms with Gasteiger partial charge in [0.2, 0.25) is 17.7 Å². The molecule has 3 N–H and O–H groups in total. The molecule has 10 heteroatoms. The van der Waals surface area contributed by atoms with Gasteiger partial charge in [0.1, 0.15) is 12.1 Å². The molecule has 0 radical (unpaired) electrons. The van der Waals surface area contributed by atoms with Crippen LogP contribution in [-0.4, -0.2) is 107 Å². The largest absolute Gasteiger partial charge is 0.394 e. The van der Waals surface area contributed by atoms with Crippen molar-refractivity contribution in [3.63, 3.8) is 0 Å². The van der Waals surface area contributed by atoms with Crippen LogP contribution in [0.2, 0.25) is 0 Å². The Morgan fingerprint density at radius 1 is 0.906 bits per heavy atom. The van der Waals surface area contributed by atoms with Crippen molar-refractivity contribution in [2.24, 2.45) is 58.7 Å². The molecule has 1 aliphatic heterocycles. The van der Waals surface area contributed by atoms with E-state index >= 15 is 0 Å². The molecule has 7 aliphatic rings. The maximum atomic E-state index is 14.2. The number of nitrogens with one attached hydrogen (secondary N) is 1. The summed E-state index contributed by atoms with van der Waals surface area (Å²) in [7, 11) is 5.93. The molecule has 10 nitrogen and oxygen atoms in total. The minimum absolute atomic E-state index is 0.00534. The van der Waals surface area contributed by atoms with E-state index in [1.165, 1.54) is 43.4 Å². The zero-order chi connectivity index (χ0) is 38.2. The minimum Gasteiger partial charge on any atom is -0.394 e. The van der Waals surface area contributed by atoms with Gasteiger partial charge in [-0.25, -0.2) is 0 Å². The number of imide groups is 1. The van der Waals surface area contributed by atoms with E-state index in [4.69, 9.17) is 4.84 Å². The van der Waals surface area contributed by atoms with Crippen LogP contribution in [0.5, 0.6) is 0 Å². The Morgan fingerprint density at radius 3 is 2.26 bits per heavy atom. The highest BCUT2D eigenvalue weighted by Gasteiger charge is 2.57. The Kier molecular flexibility index (Phi) is 13.4. The Hall–Kier alpha value is -1.59. The van der Waals surface area contributed by atoms with Crippen molar-refractivity contribution < 1.29 is 29.4 Å². The van der Waals surface area contributed by atoms with Gasteiger partial charge in [-0.15, -0.1) is 0 Å². The van der Waals surface area contributed by atoms with Crippen molar-refractivity contribution in [2.45, 2.75) is 161 Å². The third kappa shape index (κ3) is 8.87. The first kappa shape index (κ1) is 41.1. The summed E-state index contributed by atoms with van der Waals surface area (Å²) in [6, 6.07) is -0.257. The molecule has 1 heterocycles. The smallest absolute Gasteiger partial charge is 0.240 e. The van der Waals surface area contributed by atoms with Gasteiger partial charge >= 0.3 is 0 Å². The van der Waals surface area contributed by atoms with E-state index in [1.807, 2.05) is 5.06 Å². The van der Waals surface area contributed by atoms with Crippen LogP contribution in [0.4, 0.5) is 0 Å². The van der Waals surface area contributed by atoms with Crippen LogP contribution in [-0.2, 0) is 19.2 Å². The van der Waals surface area contributed by atoms with Crippen molar-refractivity contribution in [1.82, 2.24) is 20.2 Å². The molecular weight excluding hydrogens is 668 g/mol. The molecule has 53 heavy (non-hydrogen) atoms. The van der Waals surface area contributed by atoms with Gasteiger partial charge in [-0.1, -0.05) is 65.7 Å². The predicted octanol–water partition coefficient (Wildman–Crippen LogP) is 5.65. The van der Waals surface area contributed by atoms with E-state index < -0.39 is 24.2 Å². The van der Waals surface area contributed by atoms with Gasteiger partial charge in [0.15, 0.2) is 0 Å². The van der Waals surface area contributed by atoms with E-state index in [0.29, 0.717) is 65.8 Å². The molecule has 7 fully saturated rings. The third-order valence-electron chi connectivity index (χ3n) is 16.0. The summed E-state index contributed by atoms with van der Waals surface area (Å²) in [6.07, 6.45) is 15.3. The first-order valence-electron chi connectivity index (χ1n) is 21.7. The first-order valence-corrected chi connectivity index (χ1v) is 21.7. The fourth-order valence-electron chi connectivity index (χ4n) is 12.4. The highest BCUT2D eigenvalue weighted by molar-refractivity contribution is 5.96. The highest BCUT2D eigenvalue weighted by atomic mass is 16.7. The number of hydrogen-bond donors (Lipinski definition) is 3. The molecule has 7 rings (SSSR count). The van der Waals surface area contributed by atoms with Crippen molar-refractivity contribution in [3.05, 3.63) is 0 Å². The van der Waals surface area contributed by atoms with E-state index in [0.717, 1.165) is 57.8 Å². The average molecular weight is 743 g/mol. The van der Waals surface area contributed by atoms with Crippen LogP contribution in [0, 0.1) is 58.7 Å². The molecule has 6 saturated carbocycles. The summed E-state index contributed by atoms with van der Waals surface area (Å²) in [5.74, 6) is 2.59. The van der Waals surface area contributed by atoms with Crippen molar-refractivity contribution in [1.29, 1.82) is 0 Å². The normalized spacial score (nSPS) is 39.7. The molecule has 0 aromatic rings. The molecule has 0 aromatic heterocycles. The second-order valence-corrected chi connectivity index (χ2v) is 19.7. The fraction of sp³-hybridized carbons (Fsp3) is 0.930. The molecule has 13 atom stereocenters. The Labute approximate surface area is 320 Å². The Bertz CT molecular complexity index is 1270. The van der Waals surface area contributed by atoms with Crippen molar-refractivity contribution in [3.8, 4) is 0 Å². The lowest BCUT2D eigenvalue weighted by molar-refractivity contribution is -0.185. The van der Waals surface area contributed by atoms with E-state index in [2.05, 4.69) is 45.1 Å². The number of fused-ring (bicyclic) bond motifs is 2. The molecule has 1 saturated heterocycles. The number of hydrogen-bond acceptors (Lipinski definition) is 8. The average Bonchev–Trinajstić information content (AvgIpc) is 3.52. The lowest BCUT2D eigenvalue weighted by Gasteiger charge is -2.62. The van der Waals surface area contributed by atoms with E-state index in [1.54, 1.807) is 14.0 Å². The second-order valence-electron chi connectivity index (χ2n) is 19.7. The van der Waals surface area contributed by atoms with Gasteiger partial charge in [-0.05, 0) is 119 Å². The predicted molar refractivity (Wildman–Crippen MR) is 206 cm³/mol. The summed E-state index contributed by atoms with van der Waals surface area (Å²) in [5.41, 5.74) is 0.324. The number of nitrogens with zero attached hydrogens (tertiary/aromatic N) is 3. The Morgan fingerprint density at radius 2 is 1.62 bits per heavy atom. The van der Waals surface area contributed by atoms with Gasteiger partial charge in [-0.3, -0.25) is 24.1 Å². The van der Waals surface area contributed by atoms with Gasteiger partial charge < -0.3 is 20.4 Å². The van der Waals surface area contributed by atoms with Gasteiger partial charge in [-0.2, -0.15) is 5.06 Å². The topological polar surface area (TPSA) is 123 Å². The fourth-order valence-corrected chi connectivity index (χ4v) is 12.4. The zero-order valence-electron chi connectivity index (χ0n) is 34.2. The van der Waals surface area contributed by atoms with Gasteiger partial charge in [0.25, 0.3) is 0 Å². The van der Waals surface area contributed by atoms with Crippen LogP contribution < -0.4 is 5.32 Å². The summed E-state index contributed by atoms with van der Waals surface area (Å²) < 4.78 is 0. The summed E-state index contributed by atoms with van der Waals surface area (Å²) in [5, 5.41) is 26.5. The molecule has 6 aliphatic carbocycles. The number of aliphatic hydroxyl groups excluding tert-OH is 2. The summed E-state index contributed by atoms with van der Waals surface area (Å²) >= 11 is 0. The number of carbonyl (C=O) groups is 3. The minimum atomic E-state index is -0.805. The van der Waals surface area contributed by atoms with Crippen LogP contribution in [0.3, 0.4) is 0 Å². The summed E-state index contributed by atoms with van der Waals surface area (Å²) in [4.78, 5) is 51.5. The maximum absolute atomic E-state index is 14.2. The van der Waals surface area contributed by atoms with Crippen LogP contribution in [0.15, 0.2) is 0 Å². The highest BCUT2D eigenvalue weighted by Crippen LogP contribution is 2.61. The number of hydroxylamine groups is 2. The first-order chi connectivity index (χ1) is 25.2. The number of carbonyl (C=O) groups excluding carboxylic acids is 3. The van der Waals surface area contributed by atoms with Crippen molar-refractivity contribution >= 4 is 17.7 Å². The number of aliphatic hydroxyl groups is 2. The molecule has 2 bridgehead atoms. The maximum Gasteiger partial charge on any atom is 0.240 e. The Balaban J connectivity index is 1.09. The van der Waals surface area contributed by atoms with Crippen LogP contribution in [0.1, 0.15) is 130 Å². The monoisotopic (exact) mass is 743 g/mol.